The first kappa shape index (κ1) is 13.6. The Balaban J connectivity index is 2.46. The van der Waals surface area contributed by atoms with Crippen LogP contribution in [0.25, 0.3) is 0 Å². The van der Waals surface area contributed by atoms with Gasteiger partial charge < -0.3 is 5.32 Å². The molecule has 0 heterocycles. The van der Waals surface area contributed by atoms with E-state index >= 15 is 0 Å². The first-order valence-corrected chi connectivity index (χ1v) is 6.84. The molecule has 1 nitrogen and oxygen atoms in total. The van der Waals surface area contributed by atoms with E-state index in [0.29, 0.717) is 5.03 Å². The fourth-order valence-electron chi connectivity index (χ4n) is 1.32. The molecule has 88 valence electrons. The number of nitrogens with one attached hydrogen (secondary N) is 1. The van der Waals surface area contributed by atoms with Gasteiger partial charge in [0.25, 0.3) is 0 Å². The summed E-state index contributed by atoms with van der Waals surface area (Å²) in [6.45, 7) is 7.86. The monoisotopic (exact) mass is 255 g/mol. The van der Waals surface area contributed by atoms with Crippen LogP contribution in [0.2, 0.25) is 0 Å². The SMILES string of the molecule is C=C(Cl)CSc1cccc(CNCCC)c1. The number of thioether (sulfide) groups is 1. The lowest BCUT2D eigenvalue weighted by molar-refractivity contribution is 0.674. The summed E-state index contributed by atoms with van der Waals surface area (Å²) in [5.41, 5.74) is 1.32. The van der Waals surface area contributed by atoms with E-state index in [-0.39, 0.29) is 0 Å². The van der Waals surface area contributed by atoms with Crippen molar-refractivity contribution in [3.63, 3.8) is 0 Å². The second kappa shape index (κ2) is 7.77. The first-order chi connectivity index (χ1) is 7.72. The van der Waals surface area contributed by atoms with E-state index < -0.39 is 0 Å². The van der Waals surface area contributed by atoms with Crippen molar-refractivity contribution < 1.29 is 0 Å². The molecule has 3 heteroatoms. The molecule has 0 aromatic heterocycles. The first-order valence-electron chi connectivity index (χ1n) is 5.48. The molecule has 0 aliphatic heterocycles. The summed E-state index contributed by atoms with van der Waals surface area (Å²) >= 11 is 7.46. The summed E-state index contributed by atoms with van der Waals surface area (Å²) in [5.74, 6) is 0.771. The van der Waals surface area contributed by atoms with Crippen LogP contribution in [0.15, 0.2) is 40.8 Å². The highest BCUT2D eigenvalue weighted by molar-refractivity contribution is 7.99. The Labute approximate surface area is 107 Å². The maximum absolute atomic E-state index is 5.74. The zero-order valence-corrected chi connectivity index (χ0v) is 11.2. The van der Waals surface area contributed by atoms with Crippen LogP contribution in [0, 0.1) is 0 Å². The largest absolute Gasteiger partial charge is 0.313 e. The molecule has 0 spiro atoms. The summed E-state index contributed by atoms with van der Waals surface area (Å²) in [5, 5.41) is 4.08. The van der Waals surface area contributed by atoms with Crippen molar-refractivity contribution in [2.24, 2.45) is 0 Å². The molecule has 0 amide bonds. The molecule has 1 N–H and O–H groups in total. The zero-order chi connectivity index (χ0) is 11.8. The minimum atomic E-state index is 0.694. The van der Waals surface area contributed by atoms with Crippen LogP contribution in [-0.4, -0.2) is 12.3 Å². The predicted molar refractivity (Wildman–Crippen MR) is 74.2 cm³/mol. The van der Waals surface area contributed by atoms with Gasteiger partial charge in [-0.25, -0.2) is 0 Å². The second-order valence-corrected chi connectivity index (χ2v) is 5.21. The normalized spacial score (nSPS) is 10.4. The average molecular weight is 256 g/mol. The maximum atomic E-state index is 5.74. The van der Waals surface area contributed by atoms with Gasteiger partial charge in [-0.3, -0.25) is 0 Å². The van der Waals surface area contributed by atoms with Crippen molar-refractivity contribution in [2.75, 3.05) is 12.3 Å². The van der Waals surface area contributed by atoms with Crippen LogP contribution in [-0.2, 0) is 6.54 Å². The summed E-state index contributed by atoms with van der Waals surface area (Å²) in [6.07, 6.45) is 1.17. The second-order valence-electron chi connectivity index (χ2n) is 3.63. The zero-order valence-electron chi connectivity index (χ0n) is 9.63. The molecule has 1 rings (SSSR count). The molecule has 0 saturated carbocycles. The highest BCUT2D eigenvalue weighted by atomic mass is 35.5. The summed E-state index contributed by atoms with van der Waals surface area (Å²) in [6, 6.07) is 8.53. The van der Waals surface area contributed by atoms with Crippen molar-refractivity contribution in [3.05, 3.63) is 41.4 Å². The molecule has 16 heavy (non-hydrogen) atoms. The summed E-state index contributed by atoms with van der Waals surface area (Å²) in [7, 11) is 0. The third-order valence-corrected chi connectivity index (χ3v) is 3.42. The molecule has 0 fully saturated rings. The van der Waals surface area contributed by atoms with Crippen LogP contribution >= 0.6 is 23.4 Å². The Morgan fingerprint density at radius 1 is 1.50 bits per heavy atom. The molecule has 1 aromatic rings. The van der Waals surface area contributed by atoms with Crippen molar-refractivity contribution in [3.8, 4) is 0 Å². The number of rotatable bonds is 7. The van der Waals surface area contributed by atoms with Crippen LogP contribution < -0.4 is 5.32 Å². The maximum Gasteiger partial charge on any atom is 0.0334 e. The predicted octanol–water partition coefficient (Wildman–Crippen LogP) is 4.03. The highest BCUT2D eigenvalue weighted by Crippen LogP contribution is 2.22. The number of hydrogen-bond donors (Lipinski definition) is 1. The van der Waals surface area contributed by atoms with Crippen LogP contribution in [0.5, 0.6) is 0 Å². The molecule has 0 bridgehead atoms. The van der Waals surface area contributed by atoms with E-state index in [1.54, 1.807) is 11.8 Å². The molecule has 1 aromatic carbocycles. The van der Waals surface area contributed by atoms with Gasteiger partial charge in [0.1, 0.15) is 0 Å². The molecule has 0 aliphatic rings. The molecule has 0 atom stereocenters. The Bertz CT molecular complexity index is 338. The highest BCUT2D eigenvalue weighted by Gasteiger charge is 1.97. The van der Waals surface area contributed by atoms with Gasteiger partial charge in [-0.15, -0.1) is 11.8 Å². The van der Waals surface area contributed by atoms with E-state index in [1.165, 1.54) is 16.9 Å². The van der Waals surface area contributed by atoms with Gasteiger partial charge in [0.05, 0.1) is 0 Å². The average Bonchev–Trinajstić information content (AvgIpc) is 2.27. The van der Waals surface area contributed by atoms with Crippen LogP contribution in [0.4, 0.5) is 0 Å². The van der Waals surface area contributed by atoms with Gasteiger partial charge in [-0.2, -0.15) is 0 Å². The molecule has 0 saturated heterocycles. The van der Waals surface area contributed by atoms with Gasteiger partial charge in [-0.05, 0) is 30.7 Å². The fourth-order valence-corrected chi connectivity index (χ4v) is 2.21. The van der Waals surface area contributed by atoms with Crippen LogP contribution in [0.1, 0.15) is 18.9 Å². The molecule has 0 unspecified atom stereocenters. The smallest absolute Gasteiger partial charge is 0.0334 e. The molecular formula is C13H18ClNS. The van der Waals surface area contributed by atoms with E-state index in [2.05, 4.69) is 43.1 Å². The van der Waals surface area contributed by atoms with E-state index in [4.69, 9.17) is 11.6 Å². The van der Waals surface area contributed by atoms with Gasteiger partial charge in [0, 0.05) is 22.2 Å². The van der Waals surface area contributed by atoms with E-state index in [9.17, 15) is 0 Å². The third-order valence-electron chi connectivity index (χ3n) is 2.05. The minimum absolute atomic E-state index is 0.694. The lowest BCUT2D eigenvalue weighted by Gasteiger charge is -2.05. The Morgan fingerprint density at radius 2 is 2.31 bits per heavy atom. The van der Waals surface area contributed by atoms with Crippen molar-refractivity contribution in [1.29, 1.82) is 0 Å². The Hall–Kier alpha value is -0.440. The quantitative estimate of drug-likeness (QED) is 0.583. The summed E-state index contributed by atoms with van der Waals surface area (Å²) in [4.78, 5) is 1.25. The van der Waals surface area contributed by atoms with Crippen molar-refractivity contribution >= 4 is 23.4 Å². The number of benzene rings is 1. The number of hydrogen-bond acceptors (Lipinski definition) is 2. The van der Waals surface area contributed by atoms with Gasteiger partial charge in [0.2, 0.25) is 0 Å². The van der Waals surface area contributed by atoms with Gasteiger partial charge in [0.15, 0.2) is 0 Å². The molecular weight excluding hydrogens is 238 g/mol. The topological polar surface area (TPSA) is 12.0 Å². The molecule has 0 aliphatic carbocycles. The molecule has 0 radical (unpaired) electrons. The lowest BCUT2D eigenvalue weighted by Crippen LogP contribution is -2.13. The van der Waals surface area contributed by atoms with Crippen LogP contribution in [0.3, 0.4) is 0 Å². The van der Waals surface area contributed by atoms with Gasteiger partial charge in [-0.1, -0.05) is 37.2 Å². The van der Waals surface area contributed by atoms with E-state index in [0.717, 1.165) is 18.8 Å². The lowest BCUT2D eigenvalue weighted by atomic mass is 10.2. The van der Waals surface area contributed by atoms with Crippen molar-refractivity contribution in [2.45, 2.75) is 24.8 Å². The Kier molecular flexibility index (Phi) is 6.62. The standard InChI is InChI=1S/C13H18ClNS/c1-3-7-15-9-12-5-4-6-13(8-12)16-10-11(2)14/h4-6,8,15H,2-3,7,9-10H2,1H3. The summed E-state index contributed by atoms with van der Waals surface area (Å²) < 4.78 is 0. The van der Waals surface area contributed by atoms with Crippen molar-refractivity contribution in [1.82, 2.24) is 5.32 Å². The fraction of sp³-hybridized carbons (Fsp3) is 0.385. The van der Waals surface area contributed by atoms with E-state index in [1.807, 2.05) is 0 Å². The van der Waals surface area contributed by atoms with Gasteiger partial charge >= 0.3 is 0 Å². The minimum Gasteiger partial charge on any atom is -0.313 e. The third kappa shape index (κ3) is 5.59. The Morgan fingerprint density at radius 3 is 3.00 bits per heavy atom. The number of halogens is 1.